The number of benzene rings is 2. The van der Waals surface area contributed by atoms with Crippen molar-refractivity contribution in [3.05, 3.63) is 59.7 Å². The van der Waals surface area contributed by atoms with Crippen molar-refractivity contribution in [2.75, 3.05) is 85.6 Å². The predicted molar refractivity (Wildman–Crippen MR) is 462 cm³/mol. The van der Waals surface area contributed by atoms with Crippen molar-refractivity contribution in [2.45, 2.75) is 226 Å². The van der Waals surface area contributed by atoms with Crippen LogP contribution >= 0.6 is 0 Å². The Kier molecular flexibility index (Phi) is 44.9. The molecule has 15 amide bonds. The number of aliphatic hydroxyl groups excluding tert-OH is 6. The predicted octanol–water partition coefficient (Wildman–Crippen LogP) is -10.1. The fourth-order valence-electron chi connectivity index (χ4n) is 15.7. The number of aliphatic carboxylic acids is 3. The summed E-state index contributed by atoms with van der Waals surface area (Å²) in [5.74, 6) is -27.7. The standard InChI is InChI=1S/C84H122N18O33/c1-2-25-134-27-28-135-26-21-67(114)90-53(18-20-68(115)116)74(124)92-52(6-3-22-89-84(87)88)73(123)94-55(36-70(119)120)81(131)100-24-5-8-61(100)77(127)93-54(30-44-11-15-48(108)16-12-44)75(125)98-59(42-106)83(133)102-38-50(110)35-63(102)79(129)96-57(40-104)76(126)91-51(17-19-66(85)113)64(111)32-46(33-69(117)118)80(130)99-23-4-7-60(99)65(112)31-45(29-43-9-13-47(107)14-10-43)72(122)97-58(41-105)82(132)101-37-49(109)34-62(101)78(128)95-56(39-103)71(86)121/h9-16,45-46,49-63,103-110H,2-8,17-42H2,1H3,(H2,85,113)(H2,86,121)(H,90,114)(H,91,126)(H,92,124)(H,93,127)(H,94,123)(H,95,128)(H,96,129)(H,97,122)(H,98,125)(H,115,116)(H,117,118)(H,119,120)(H4,87,88,89). The largest absolute Gasteiger partial charge is 0.508 e. The van der Waals surface area contributed by atoms with E-state index in [9.17, 15) is 152 Å². The number of carbonyl (C=O) groups is 20. The van der Waals surface area contributed by atoms with Crippen molar-refractivity contribution < 1.29 is 162 Å². The summed E-state index contributed by atoms with van der Waals surface area (Å²) in [7, 11) is 0. The first-order valence-electron chi connectivity index (χ1n) is 43.8. The minimum absolute atomic E-state index is 0.0372. The third kappa shape index (κ3) is 35.0. The Labute approximate surface area is 772 Å². The second-order valence-electron chi connectivity index (χ2n) is 33.0. The third-order valence-electron chi connectivity index (χ3n) is 22.7. The van der Waals surface area contributed by atoms with Gasteiger partial charge in [-0.25, -0.2) is 0 Å². The number of aromatic hydroxyl groups is 2. The highest BCUT2D eigenvalue weighted by molar-refractivity contribution is 6.02. The van der Waals surface area contributed by atoms with Crippen molar-refractivity contribution in [1.29, 1.82) is 5.41 Å². The van der Waals surface area contributed by atoms with Gasteiger partial charge in [-0.2, -0.15) is 0 Å². The van der Waals surface area contributed by atoms with Crippen LogP contribution in [0.25, 0.3) is 0 Å². The number of nitrogens with two attached hydrogens (primary N) is 3. The number of ether oxygens (including phenoxy) is 2. The second-order valence-corrected chi connectivity index (χ2v) is 33.0. The number of carbonyl (C=O) groups excluding carboxylic acids is 17. The van der Waals surface area contributed by atoms with Gasteiger partial charge in [0.25, 0.3) is 0 Å². The Morgan fingerprint density at radius 1 is 0.430 bits per heavy atom. The monoisotopic (exact) mass is 1910 g/mol. The maximum Gasteiger partial charge on any atom is 0.305 e. The molecule has 51 nitrogen and oxygen atoms in total. The van der Waals surface area contributed by atoms with E-state index in [-0.39, 0.29) is 114 Å². The molecule has 135 heavy (non-hydrogen) atoms. The summed E-state index contributed by atoms with van der Waals surface area (Å²) in [5, 5.41) is 144. The van der Waals surface area contributed by atoms with Gasteiger partial charge in [-0.3, -0.25) is 101 Å². The number of ketones is 2. The van der Waals surface area contributed by atoms with Crippen molar-refractivity contribution >= 4 is 124 Å². The Morgan fingerprint density at radius 2 is 0.874 bits per heavy atom. The summed E-state index contributed by atoms with van der Waals surface area (Å²) >= 11 is 0. The van der Waals surface area contributed by atoms with E-state index in [4.69, 9.17) is 32.1 Å². The fourth-order valence-corrected chi connectivity index (χ4v) is 15.7. The van der Waals surface area contributed by atoms with Gasteiger partial charge in [0.05, 0.1) is 89.3 Å². The van der Waals surface area contributed by atoms with Crippen LogP contribution in [0.3, 0.4) is 0 Å². The van der Waals surface area contributed by atoms with Crippen molar-refractivity contribution in [3.8, 4) is 11.5 Å². The smallest absolute Gasteiger partial charge is 0.305 e. The van der Waals surface area contributed by atoms with Crippen molar-refractivity contribution in [1.82, 2.24) is 72.8 Å². The lowest BCUT2D eigenvalue weighted by atomic mass is 9.89. The number of Topliss-reactive ketones (excluding diaryl/α,β-unsaturated/α-hetero) is 2. The second kappa shape index (κ2) is 54.8. The maximum absolute atomic E-state index is 14.7. The molecule has 2 aromatic carbocycles. The van der Waals surface area contributed by atoms with Gasteiger partial charge < -0.3 is 156 Å². The number of likely N-dealkylation sites (tertiary alicyclic amines) is 4. The molecular formula is C84H122N18O33. The van der Waals surface area contributed by atoms with Crippen LogP contribution in [-0.2, 0) is 118 Å². The van der Waals surface area contributed by atoms with Crippen LogP contribution in [0.4, 0.5) is 0 Å². The summed E-state index contributed by atoms with van der Waals surface area (Å²) < 4.78 is 10.7. The number of primary amides is 2. The number of nitrogens with one attached hydrogen (secondary N) is 11. The van der Waals surface area contributed by atoms with Crippen LogP contribution in [0.15, 0.2) is 48.5 Å². The molecule has 0 aliphatic carbocycles. The average Bonchev–Trinajstić information content (AvgIpc) is 1.66. The number of carboxylic acid groups (broad SMARTS) is 3. The average molecular weight is 1910 g/mol. The van der Waals surface area contributed by atoms with Crippen LogP contribution < -0.4 is 70.4 Å². The van der Waals surface area contributed by atoms with E-state index in [1.807, 2.05) is 6.92 Å². The number of phenolic OH excluding ortho intramolecular Hbond substituents is 2. The van der Waals surface area contributed by atoms with Gasteiger partial charge in [0.15, 0.2) is 17.5 Å². The van der Waals surface area contributed by atoms with Gasteiger partial charge in [0.2, 0.25) is 88.6 Å². The van der Waals surface area contributed by atoms with Gasteiger partial charge in [-0.15, -0.1) is 0 Å². The molecule has 4 aliphatic heterocycles. The topological polar surface area (TPSA) is 818 Å². The molecule has 0 saturated carbocycles. The van der Waals surface area contributed by atoms with E-state index in [0.717, 1.165) is 21.1 Å². The molecule has 746 valence electrons. The van der Waals surface area contributed by atoms with Crippen LogP contribution in [0.1, 0.15) is 134 Å². The van der Waals surface area contributed by atoms with E-state index >= 15 is 0 Å². The summed E-state index contributed by atoms with van der Waals surface area (Å²) in [4.78, 5) is 278. The van der Waals surface area contributed by atoms with E-state index < -0.39 is 330 Å². The van der Waals surface area contributed by atoms with E-state index in [1.165, 1.54) is 48.5 Å². The molecule has 0 radical (unpaired) electrons. The third-order valence-corrected chi connectivity index (χ3v) is 22.7. The zero-order chi connectivity index (χ0) is 100. The molecule has 6 rings (SSSR count). The number of amides is 15. The first-order chi connectivity index (χ1) is 64.0. The molecule has 0 spiro atoms. The normalized spacial score (nSPS) is 19.3. The zero-order valence-corrected chi connectivity index (χ0v) is 74.2. The Balaban J connectivity index is 1.15. The van der Waals surface area contributed by atoms with Crippen LogP contribution in [0.5, 0.6) is 11.5 Å². The Hall–Kier alpha value is -13.2. The summed E-state index contributed by atoms with van der Waals surface area (Å²) in [6.07, 6.45) is -11.1. The highest BCUT2D eigenvalue weighted by atomic mass is 16.5. The Bertz CT molecular complexity index is 4530. The molecule has 4 saturated heterocycles. The van der Waals surface area contributed by atoms with Crippen LogP contribution in [0.2, 0.25) is 0 Å². The number of phenols is 2. The molecule has 4 aliphatic rings. The molecule has 28 N–H and O–H groups in total. The molecule has 17 unspecified atom stereocenters. The lowest BCUT2D eigenvalue weighted by Crippen LogP contribution is -2.61. The highest BCUT2D eigenvalue weighted by Gasteiger charge is 2.48. The van der Waals surface area contributed by atoms with Crippen LogP contribution in [0, 0.1) is 17.2 Å². The lowest BCUT2D eigenvalue weighted by molar-refractivity contribution is -0.148. The zero-order valence-electron chi connectivity index (χ0n) is 74.2. The molecule has 4 fully saturated rings. The molecule has 4 heterocycles. The number of hydrogen-bond donors (Lipinski definition) is 25. The van der Waals surface area contributed by atoms with E-state index in [0.29, 0.717) is 17.1 Å². The van der Waals surface area contributed by atoms with Gasteiger partial charge in [-0.05, 0) is 99.6 Å². The molecule has 17 atom stereocenters. The number of rotatable bonds is 58. The van der Waals surface area contributed by atoms with Gasteiger partial charge >= 0.3 is 17.9 Å². The maximum atomic E-state index is 14.7. The number of hydrogen-bond acceptors (Lipinski definition) is 31. The van der Waals surface area contributed by atoms with Crippen LogP contribution in [-0.4, -0.2) is 376 Å². The van der Waals surface area contributed by atoms with Crippen molar-refractivity contribution in [2.24, 2.45) is 29.0 Å². The molecule has 2 aromatic rings. The summed E-state index contributed by atoms with van der Waals surface area (Å²) in [6.45, 7) is -3.75. The fraction of sp³-hybridized carbons (Fsp3) is 0.607. The number of guanidine groups is 1. The lowest BCUT2D eigenvalue weighted by Gasteiger charge is -2.31. The summed E-state index contributed by atoms with van der Waals surface area (Å²) in [5.41, 5.74) is 16.7. The number of carboxylic acids is 3. The van der Waals surface area contributed by atoms with Gasteiger partial charge in [-0.1, -0.05) is 31.2 Å². The highest BCUT2D eigenvalue weighted by Crippen LogP contribution is 2.30. The van der Waals surface area contributed by atoms with Gasteiger partial charge in [0.1, 0.15) is 78.0 Å². The SMILES string of the molecule is CCCOCCOCCC(=O)NC(CCC(=O)O)C(=O)NC(CCCNC(=N)N)C(=O)NC(CC(=O)O)C(=O)N1CCCC1C(=O)NC(Cc1ccc(O)cc1)C(=O)NC(CO)C(=O)N1CC(O)CC1C(=O)NC(CO)C(=O)NC(CCC(N)=O)C(=O)CC(CC(=O)O)C(=O)N1CCCC1C(=O)CC(Cc1ccc(O)cc1)C(=O)NC(CO)C(=O)N1CC(O)CC1C(=O)NC(CO)C(N)=O. The molecule has 0 bridgehead atoms. The molecule has 0 aromatic heterocycles. The number of β-amino-alcohol motifs (C(OH)–C–C–N with tert-alkyl or cyclic N) is 2. The first kappa shape index (κ1) is 111. The van der Waals surface area contributed by atoms with Crippen molar-refractivity contribution in [3.63, 3.8) is 0 Å². The molecule has 51 heteroatoms. The number of nitrogens with zero attached hydrogens (tertiary/aromatic N) is 4. The number of aliphatic hydroxyl groups is 6. The Morgan fingerprint density at radius 3 is 1.39 bits per heavy atom. The van der Waals surface area contributed by atoms with Gasteiger partial charge in [0, 0.05) is 96.6 Å². The molecular weight excluding hydrogens is 1790 g/mol. The minimum atomic E-state index is -2.09. The first-order valence-corrected chi connectivity index (χ1v) is 43.8. The van der Waals surface area contributed by atoms with E-state index in [2.05, 4.69) is 53.2 Å². The minimum Gasteiger partial charge on any atom is -0.508 e. The van der Waals surface area contributed by atoms with E-state index in [1.54, 1.807) is 0 Å². The summed E-state index contributed by atoms with van der Waals surface area (Å²) in [6, 6.07) is -12.4. The quantitative estimate of drug-likeness (QED) is 0.0166.